The number of ether oxygens (including phenoxy) is 2. The average Bonchev–Trinajstić information content (AvgIpc) is 3.24. The Morgan fingerprint density at radius 1 is 1.18 bits per heavy atom. The van der Waals surface area contributed by atoms with Crippen molar-refractivity contribution in [3.63, 3.8) is 0 Å². The Labute approximate surface area is 201 Å². The van der Waals surface area contributed by atoms with E-state index in [1.54, 1.807) is 6.21 Å². The second-order valence-electron chi connectivity index (χ2n) is 9.67. The lowest BCUT2D eigenvalue weighted by molar-refractivity contribution is -0.0778. The third kappa shape index (κ3) is 6.47. The molecule has 3 heterocycles. The lowest BCUT2D eigenvalue weighted by Crippen LogP contribution is -2.32. The Kier molecular flexibility index (Phi) is 7.67. The number of rotatable bonds is 9. The Morgan fingerprint density at radius 2 is 1.97 bits per heavy atom. The minimum atomic E-state index is -0.232. The van der Waals surface area contributed by atoms with Gasteiger partial charge in [0.1, 0.15) is 12.4 Å². The first-order chi connectivity index (χ1) is 16.4. The first kappa shape index (κ1) is 24.0. The van der Waals surface area contributed by atoms with Crippen LogP contribution in [0.4, 0.5) is 11.6 Å². The second-order valence-corrected chi connectivity index (χ2v) is 9.67. The van der Waals surface area contributed by atoms with E-state index in [9.17, 15) is 0 Å². The van der Waals surface area contributed by atoms with E-state index >= 15 is 0 Å². The van der Waals surface area contributed by atoms with E-state index < -0.39 is 0 Å². The molecule has 2 N–H and O–H groups in total. The minimum Gasteiger partial charge on any atom is -0.461 e. The normalized spacial score (nSPS) is 15.7. The number of H-pyrrole nitrogens is 1. The molecule has 4 rings (SSSR count). The predicted octanol–water partition coefficient (Wildman–Crippen LogP) is 5.37. The van der Waals surface area contributed by atoms with Crippen LogP contribution in [0.3, 0.4) is 0 Å². The Bertz CT molecular complexity index is 1100. The van der Waals surface area contributed by atoms with Crippen molar-refractivity contribution in [3.05, 3.63) is 42.1 Å². The fraction of sp³-hybridized carbons (Fsp3) is 0.500. The third-order valence-electron chi connectivity index (χ3n) is 5.75. The van der Waals surface area contributed by atoms with Gasteiger partial charge in [0.05, 0.1) is 17.9 Å². The number of benzene rings is 1. The van der Waals surface area contributed by atoms with Crippen LogP contribution in [-0.4, -0.2) is 52.6 Å². The Hall–Kier alpha value is -3.13. The Balaban J connectivity index is 1.50. The summed E-state index contributed by atoms with van der Waals surface area (Å²) in [6.45, 7) is 10.6. The lowest BCUT2D eigenvalue weighted by atomic mass is 10.1. The summed E-state index contributed by atoms with van der Waals surface area (Å²) >= 11 is 0. The molecule has 1 aliphatic heterocycles. The molecule has 1 aliphatic rings. The maximum atomic E-state index is 6.09. The number of para-hydroxylation sites is 1. The molecule has 0 saturated carbocycles. The third-order valence-corrected chi connectivity index (χ3v) is 5.75. The van der Waals surface area contributed by atoms with Gasteiger partial charge in [0.2, 0.25) is 0 Å². The summed E-state index contributed by atoms with van der Waals surface area (Å²) in [4.78, 5) is 14.8. The molecule has 34 heavy (non-hydrogen) atoms. The lowest BCUT2D eigenvalue weighted by Gasteiger charge is -2.28. The maximum absolute atomic E-state index is 6.09. The van der Waals surface area contributed by atoms with Gasteiger partial charge in [-0.1, -0.05) is 25.1 Å². The van der Waals surface area contributed by atoms with Gasteiger partial charge in [0.25, 0.3) is 0 Å². The molecule has 1 aromatic carbocycles. The van der Waals surface area contributed by atoms with Crippen molar-refractivity contribution >= 4 is 28.8 Å². The van der Waals surface area contributed by atoms with Crippen LogP contribution in [0.25, 0.3) is 10.9 Å². The molecule has 8 heteroatoms. The molecular weight excluding hydrogens is 428 g/mol. The van der Waals surface area contributed by atoms with Gasteiger partial charge >= 0.3 is 6.01 Å². The number of anilines is 2. The number of nitrogens with zero attached hydrogens (tertiary/aromatic N) is 4. The van der Waals surface area contributed by atoms with Crippen molar-refractivity contribution in [1.82, 2.24) is 15.0 Å². The van der Waals surface area contributed by atoms with Crippen LogP contribution in [0.2, 0.25) is 0 Å². The molecular formula is C26H36N6O2. The molecule has 1 unspecified atom stereocenters. The van der Waals surface area contributed by atoms with Crippen molar-refractivity contribution < 1.29 is 9.47 Å². The fourth-order valence-corrected chi connectivity index (χ4v) is 4.09. The van der Waals surface area contributed by atoms with Crippen molar-refractivity contribution in [2.75, 3.05) is 30.0 Å². The molecule has 1 saturated heterocycles. The predicted molar refractivity (Wildman–Crippen MR) is 138 cm³/mol. The van der Waals surface area contributed by atoms with E-state index in [1.807, 2.05) is 30.5 Å². The van der Waals surface area contributed by atoms with Crippen LogP contribution < -0.4 is 15.1 Å². The number of aromatic amines is 1. The molecule has 0 radical (unpaired) electrons. The molecule has 1 atom stereocenters. The molecule has 1 fully saturated rings. The molecule has 0 amide bonds. The average molecular weight is 465 g/mol. The quantitative estimate of drug-likeness (QED) is 0.327. The molecule has 3 aromatic rings. The number of fused-ring (bicyclic) bond motifs is 1. The van der Waals surface area contributed by atoms with E-state index in [1.165, 1.54) is 19.3 Å². The van der Waals surface area contributed by atoms with Gasteiger partial charge in [-0.05, 0) is 52.5 Å². The summed E-state index contributed by atoms with van der Waals surface area (Å²) in [5.41, 5.74) is 4.93. The minimum absolute atomic E-state index is 0.0291. The largest absolute Gasteiger partial charge is 0.461 e. The highest BCUT2D eigenvalue weighted by Gasteiger charge is 2.20. The van der Waals surface area contributed by atoms with Crippen LogP contribution in [0, 0.1) is 0 Å². The number of hydrazone groups is 1. The van der Waals surface area contributed by atoms with Crippen molar-refractivity contribution in [2.45, 2.75) is 65.1 Å². The molecule has 2 aromatic heterocycles. The highest BCUT2D eigenvalue weighted by molar-refractivity contribution is 5.99. The first-order valence-electron chi connectivity index (χ1n) is 12.2. The molecule has 182 valence electrons. The van der Waals surface area contributed by atoms with E-state index in [0.717, 1.165) is 41.8 Å². The number of nitrogens with one attached hydrogen (secondary N) is 2. The van der Waals surface area contributed by atoms with Crippen LogP contribution in [0.1, 0.15) is 58.9 Å². The highest BCUT2D eigenvalue weighted by atomic mass is 16.6. The van der Waals surface area contributed by atoms with Gasteiger partial charge in [-0.3, -0.25) is 5.43 Å². The number of hydrogen-bond acceptors (Lipinski definition) is 7. The monoisotopic (exact) mass is 464 g/mol. The zero-order valence-corrected chi connectivity index (χ0v) is 20.7. The van der Waals surface area contributed by atoms with Crippen LogP contribution in [0.15, 0.2) is 41.6 Å². The van der Waals surface area contributed by atoms with E-state index in [-0.39, 0.29) is 11.7 Å². The maximum Gasteiger partial charge on any atom is 0.320 e. The van der Waals surface area contributed by atoms with Crippen LogP contribution in [-0.2, 0) is 4.74 Å². The molecule has 0 bridgehead atoms. The molecule has 0 aliphatic carbocycles. The van der Waals surface area contributed by atoms with E-state index in [4.69, 9.17) is 14.5 Å². The fourth-order valence-electron chi connectivity index (χ4n) is 4.09. The van der Waals surface area contributed by atoms with Crippen molar-refractivity contribution in [1.29, 1.82) is 0 Å². The summed E-state index contributed by atoms with van der Waals surface area (Å²) in [5.74, 6) is 1.46. The van der Waals surface area contributed by atoms with Gasteiger partial charge in [-0.25, -0.2) is 0 Å². The number of aromatic nitrogens is 3. The zero-order valence-electron chi connectivity index (χ0n) is 20.7. The van der Waals surface area contributed by atoms with E-state index in [0.29, 0.717) is 18.4 Å². The number of hydrogen-bond donors (Lipinski definition) is 2. The highest BCUT2D eigenvalue weighted by Crippen LogP contribution is 2.24. The SMILES string of the molecule is CCC(COc1nc(N/N=C/c2c[nH]c3ccccc23)cc(N2CCCCC2)n1)OC(C)(C)C. The summed E-state index contributed by atoms with van der Waals surface area (Å²) in [7, 11) is 0. The summed E-state index contributed by atoms with van der Waals surface area (Å²) in [6, 6.07) is 10.4. The van der Waals surface area contributed by atoms with Crippen LogP contribution in [0.5, 0.6) is 6.01 Å². The van der Waals surface area contributed by atoms with Gasteiger partial charge in [-0.2, -0.15) is 15.1 Å². The standard InChI is InChI=1S/C26H36N6O2/c1-5-20(34-26(2,3)4)18-33-25-29-23(15-24(30-25)32-13-9-6-10-14-32)31-28-17-19-16-27-22-12-8-7-11-21(19)22/h7-8,11-12,15-17,20,27H,5-6,9-10,13-14,18H2,1-4H3,(H,29,30,31)/b28-17+. The topological polar surface area (TPSA) is 87.7 Å². The van der Waals surface area contributed by atoms with E-state index in [2.05, 4.69) is 59.2 Å². The smallest absolute Gasteiger partial charge is 0.320 e. The molecule has 0 spiro atoms. The summed E-state index contributed by atoms with van der Waals surface area (Å²) < 4.78 is 12.1. The Morgan fingerprint density at radius 3 is 2.74 bits per heavy atom. The van der Waals surface area contributed by atoms with Gasteiger partial charge in [0, 0.05) is 41.8 Å². The van der Waals surface area contributed by atoms with Crippen molar-refractivity contribution in [2.24, 2.45) is 5.10 Å². The van der Waals surface area contributed by atoms with Gasteiger partial charge < -0.3 is 19.4 Å². The van der Waals surface area contributed by atoms with Gasteiger partial charge in [0.15, 0.2) is 5.82 Å². The second kappa shape index (κ2) is 10.9. The first-order valence-corrected chi connectivity index (χ1v) is 12.2. The molecule has 8 nitrogen and oxygen atoms in total. The zero-order chi connectivity index (χ0) is 24.0. The van der Waals surface area contributed by atoms with Crippen molar-refractivity contribution in [3.8, 4) is 6.01 Å². The van der Waals surface area contributed by atoms with Gasteiger partial charge in [-0.15, -0.1) is 0 Å². The summed E-state index contributed by atoms with van der Waals surface area (Å²) in [5, 5.41) is 5.56. The summed E-state index contributed by atoms with van der Waals surface area (Å²) in [6.07, 6.45) is 8.16. The van der Waals surface area contributed by atoms with Crippen LogP contribution >= 0.6 is 0 Å². The number of piperidine rings is 1.